The predicted molar refractivity (Wildman–Crippen MR) is 55.6 cm³/mol. The lowest BCUT2D eigenvalue weighted by Gasteiger charge is -2.19. The highest BCUT2D eigenvalue weighted by Gasteiger charge is 2.31. The van der Waals surface area contributed by atoms with E-state index >= 15 is 0 Å². The number of carboxylic acids is 1. The van der Waals surface area contributed by atoms with Crippen LogP contribution in [0.25, 0.3) is 0 Å². The number of carbonyl (C=O) groups excluding carboxylic acids is 2. The van der Waals surface area contributed by atoms with Gasteiger partial charge in [0.15, 0.2) is 0 Å². The Morgan fingerprint density at radius 3 is 2.62 bits per heavy atom. The van der Waals surface area contributed by atoms with E-state index in [0.29, 0.717) is 6.54 Å². The van der Waals surface area contributed by atoms with E-state index in [1.807, 2.05) is 0 Å². The van der Waals surface area contributed by atoms with E-state index in [0.717, 1.165) is 0 Å². The summed E-state index contributed by atoms with van der Waals surface area (Å²) < 4.78 is 0. The minimum absolute atomic E-state index is 0.0903. The fraction of sp³-hybridized carbons (Fsp3) is 0.700. The summed E-state index contributed by atoms with van der Waals surface area (Å²) in [7, 11) is 0. The van der Waals surface area contributed by atoms with Crippen LogP contribution in [0.2, 0.25) is 0 Å². The molecular weight excluding hydrogens is 212 g/mol. The third-order valence-electron chi connectivity index (χ3n) is 2.52. The van der Waals surface area contributed by atoms with Crippen molar-refractivity contribution in [3.8, 4) is 0 Å². The van der Waals surface area contributed by atoms with Gasteiger partial charge < -0.3 is 15.7 Å². The minimum atomic E-state index is -1.08. The molecular formula is C10H16N2O4. The van der Waals surface area contributed by atoms with Crippen LogP contribution in [0, 0.1) is 5.41 Å². The van der Waals surface area contributed by atoms with E-state index < -0.39 is 11.4 Å². The standard InChI is InChI=1S/C10H16N2O4/c1-10(2,9(15)16)4-8(14)12-6-3-7(13)11-5-6/h6H,3-5H2,1-2H3,(H,11,13)(H,12,14)(H,15,16). The number of nitrogens with one attached hydrogen (secondary N) is 2. The van der Waals surface area contributed by atoms with Crippen molar-refractivity contribution in [1.82, 2.24) is 10.6 Å². The van der Waals surface area contributed by atoms with Gasteiger partial charge in [-0.2, -0.15) is 0 Å². The molecule has 0 spiro atoms. The van der Waals surface area contributed by atoms with Crippen LogP contribution in [0.4, 0.5) is 0 Å². The van der Waals surface area contributed by atoms with Gasteiger partial charge in [0.05, 0.1) is 11.5 Å². The van der Waals surface area contributed by atoms with Gasteiger partial charge in [-0.3, -0.25) is 14.4 Å². The van der Waals surface area contributed by atoms with Crippen LogP contribution in [0.3, 0.4) is 0 Å². The predicted octanol–water partition coefficient (Wildman–Crippen LogP) is -0.508. The third-order valence-corrected chi connectivity index (χ3v) is 2.52. The van der Waals surface area contributed by atoms with Crippen molar-refractivity contribution < 1.29 is 19.5 Å². The van der Waals surface area contributed by atoms with Crippen LogP contribution < -0.4 is 10.6 Å². The molecule has 0 saturated carbocycles. The molecule has 0 bridgehead atoms. The monoisotopic (exact) mass is 228 g/mol. The molecule has 1 saturated heterocycles. The van der Waals surface area contributed by atoms with E-state index in [-0.39, 0.29) is 30.7 Å². The zero-order valence-corrected chi connectivity index (χ0v) is 9.37. The maximum Gasteiger partial charge on any atom is 0.309 e. The second-order valence-corrected chi connectivity index (χ2v) is 4.64. The van der Waals surface area contributed by atoms with Crippen LogP contribution in [0.1, 0.15) is 26.7 Å². The van der Waals surface area contributed by atoms with Crippen LogP contribution in [-0.4, -0.2) is 35.5 Å². The molecule has 1 aliphatic heterocycles. The minimum Gasteiger partial charge on any atom is -0.481 e. The van der Waals surface area contributed by atoms with E-state index in [4.69, 9.17) is 5.11 Å². The summed E-state index contributed by atoms with van der Waals surface area (Å²) in [6.07, 6.45) is 0.173. The van der Waals surface area contributed by atoms with Gasteiger partial charge >= 0.3 is 5.97 Å². The summed E-state index contributed by atoms with van der Waals surface area (Å²) in [5, 5.41) is 14.1. The first-order chi connectivity index (χ1) is 7.31. The molecule has 90 valence electrons. The van der Waals surface area contributed by atoms with E-state index in [9.17, 15) is 14.4 Å². The number of amides is 2. The van der Waals surface area contributed by atoms with Gasteiger partial charge in [-0.15, -0.1) is 0 Å². The number of carboxylic acid groups (broad SMARTS) is 1. The molecule has 1 atom stereocenters. The molecule has 3 N–H and O–H groups in total. The first-order valence-corrected chi connectivity index (χ1v) is 5.11. The van der Waals surface area contributed by atoms with Crippen LogP contribution in [0.15, 0.2) is 0 Å². The average molecular weight is 228 g/mol. The van der Waals surface area contributed by atoms with Crippen LogP contribution >= 0.6 is 0 Å². The zero-order chi connectivity index (χ0) is 12.3. The molecule has 0 aromatic rings. The lowest BCUT2D eigenvalue weighted by atomic mass is 9.89. The van der Waals surface area contributed by atoms with Crippen molar-refractivity contribution in [3.63, 3.8) is 0 Å². The highest BCUT2D eigenvalue weighted by molar-refractivity contribution is 5.86. The molecule has 1 rings (SSSR count). The van der Waals surface area contributed by atoms with Crippen molar-refractivity contribution in [2.75, 3.05) is 6.54 Å². The average Bonchev–Trinajstić information content (AvgIpc) is 2.49. The van der Waals surface area contributed by atoms with Crippen LogP contribution in [0.5, 0.6) is 0 Å². The largest absolute Gasteiger partial charge is 0.481 e. The molecule has 0 aromatic heterocycles. The Bertz CT molecular complexity index is 325. The van der Waals surface area contributed by atoms with Gasteiger partial charge in [0.25, 0.3) is 0 Å². The first-order valence-electron chi connectivity index (χ1n) is 5.11. The molecule has 6 nitrogen and oxygen atoms in total. The summed E-state index contributed by atoms with van der Waals surface area (Å²) in [4.78, 5) is 33.2. The molecule has 2 amide bonds. The number of hydrogen-bond donors (Lipinski definition) is 3. The normalized spacial score (nSPS) is 20.4. The van der Waals surface area contributed by atoms with E-state index in [2.05, 4.69) is 10.6 Å². The second-order valence-electron chi connectivity index (χ2n) is 4.64. The molecule has 1 unspecified atom stereocenters. The highest BCUT2D eigenvalue weighted by Crippen LogP contribution is 2.20. The Morgan fingerprint density at radius 1 is 1.56 bits per heavy atom. The maximum absolute atomic E-state index is 11.5. The highest BCUT2D eigenvalue weighted by atomic mass is 16.4. The van der Waals surface area contributed by atoms with Crippen molar-refractivity contribution in [2.45, 2.75) is 32.7 Å². The second kappa shape index (κ2) is 4.51. The fourth-order valence-corrected chi connectivity index (χ4v) is 1.46. The number of aliphatic carboxylic acids is 1. The lowest BCUT2D eigenvalue weighted by molar-refractivity contribution is -0.149. The number of carbonyl (C=O) groups is 3. The van der Waals surface area contributed by atoms with E-state index in [1.165, 1.54) is 13.8 Å². The van der Waals surface area contributed by atoms with Gasteiger partial charge in [-0.1, -0.05) is 0 Å². The summed E-state index contributed by atoms with van der Waals surface area (Å²) in [6.45, 7) is 3.40. The SMILES string of the molecule is CC(C)(CC(=O)NC1CNC(=O)C1)C(=O)O. The number of hydrogen-bond acceptors (Lipinski definition) is 3. The Balaban J connectivity index is 2.42. The lowest BCUT2D eigenvalue weighted by Crippen LogP contribution is -2.40. The Morgan fingerprint density at radius 2 is 2.19 bits per heavy atom. The van der Waals surface area contributed by atoms with Gasteiger partial charge in [0.1, 0.15) is 0 Å². The molecule has 1 aliphatic rings. The van der Waals surface area contributed by atoms with E-state index in [1.54, 1.807) is 0 Å². The molecule has 1 fully saturated rings. The zero-order valence-electron chi connectivity index (χ0n) is 9.37. The molecule has 0 aromatic carbocycles. The van der Waals surface area contributed by atoms with Gasteiger partial charge in [0, 0.05) is 19.4 Å². The van der Waals surface area contributed by atoms with Crippen molar-refractivity contribution in [2.24, 2.45) is 5.41 Å². The molecule has 0 aliphatic carbocycles. The summed E-state index contributed by atoms with van der Waals surface area (Å²) in [5.41, 5.74) is -1.08. The van der Waals surface area contributed by atoms with Gasteiger partial charge in [-0.25, -0.2) is 0 Å². The van der Waals surface area contributed by atoms with Crippen LogP contribution in [-0.2, 0) is 14.4 Å². The Kier molecular flexibility index (Phi) is 3.51. The number of rotatable bonds is 4. The van der Waals surface area contributed by atoms with Gasteiger partial charge in [0.2, 0.25) is 11.8 Å². The Labute approximate surface area is 93.4 Å². The van der Waals surface area contributed by atoms with Crippen molar-refractivity contribution in [3.05, 3.63) is 0 Å². The molecule has 1 heterocycles. The quantitative estimate of drug-likeness (QED) is 0.604. The Hall–Kier alpha value is -1.59. The topological polar surface area (TPSA) is 95.5 Å². The summed E-state index contributed by atoms with van der Waals surface area (Å²) in [5.74, 6) is -1.44. The van der Waals surface area contributed by atoms with Gasteiger partial charge in [-0.05, 0) is 13.8 Å². The fourth-order valence-electron chi connectivity index (χ4n) is 1.46. The smallest absolute Gasteiger partial charge is 0.309 e. The summed E-state index contributed by atoms with van der Waals surface area (Å²) in [6, 6.07) is -0.218. The molecule has 16 heavy (non-hydrogen) atoms. The molecule has 0 radical (unpaired) electrons. The van der Waals surface area contributed by atoms with Crippen molar-refractivity contribution >= 4 is 17.8 Å². The van der Waals surface area contributed by atoms with Crippen molar-refractivity contribution in [1.29, 1.82) is 0 Å². The maximum atomic E-state index is 11.5. The summed E-state index contributed by atoms with van der Waals surface area (Å²) >= 11 is 0. The first kappa shape index (κ1) is 12.5. The third kappa shape index (κ3) is 3.22. The molecule has 6 heteroatoms.